The molecule has 3 unspecified atom stereocenters. The van der Waals surface area contributed by atoms with Crippen molar-refractivity contribution in [1.29, 1.82) is 0 Å². The van der Waals surface area contributed by atoms with Gasteiger partial charge in [0.15, 0.2) is 0 Å². The van der Waals surface area contributed by atoms with Gasteiger partial charge in [-0.15, -0.1) is 0 Å². The second kappa shape index (κ2) is 6.52. The van der Waals surface area contributed by atoms with E-state index in [-0.39, 0.29) is 6.04 Å². The normalized spacial score (nSPS) is 34.9. The lowest BCUT2D eigenvalue weighted by Crippen LogP contribution is -2.51. The van der Waals surface area contributed by atoms with Crippen LogP contribution in [0.2, 0.25) is 0 Å². The lowest BCUT2D eigenvalue weighted by molar-refractivity contribution is 0.128. The lowest BCUT2D eigenvalue weighted by atomic mass is 10.0. The van der Waals surface area contributed by atoms with Crippen molar-refractivity contribution >= 4 is 10.2 Å². The van der Waals surface area contributed by atoms with Crippen molar-refractivity contribution in [2.45, 2.75) is 64.0 Å². The molecule has 1 aliphatic heterocycles. The van der Waals surface area contributed by atoms with Crippen molar-refractivity contribution in [2.75, 3.05) is 13.1 Å². The molecule has 1 aliphatic carbocycles. The molecule has 2 rings (SSSR count). The van der Waals surface area contributed by atoms with E-state index >= 15 is 0 Å². The van der Waals surface area contributed by atoms with Gasteiger partial charge in [-0.25, -0.2) is 0 Å². The van der Waals surface area contributed by atoms with E-state index in [0.29, 0.717) is 25.4 Å². The molecule has 2 N–H and O–H groups in total. The standard InChI is InChI=1S/C13H26N2O3S/c1-11-6-5-9-15(10-11)19(17,18)14-12-7-3-2-4-8-13(12)16/h11-14,16H,2-10H2,1H3. The number of rotatable bonds is 3. The fourth-order valence-electron chi connectivity index (χ4n) is 3.06. The highest BCUT2D eigenvalue weighted by molar-refractivity contribution is 7.87. The molecule has 2 aliphatic rings. The Labute approximate surface area is 116 Å². The molecule has 1 saturated heterocycles. The second-order valence-electron chi connectivity index (χ2n) is 6.04. The van der Waals surface area contributed by atoms with Crippen molar-refractivity contribution in [3.8, 4) is 0 Å². The monoisotopic (exact) mass is 290 g/mol. The Bertz CT molecular complexity index is 385. The highest BCUT2D eigenvalue weighted by atomic mass is 32.2. The average molecular weight is 290 g/mol. The van der Waals surface area contributed by atoms with Crippen LogP contribution in [0, 0.1) is 5.92 Å². The molecule has 0 radical (unpaired) electrons. The van der Waals surface area contributed by atoms with Crippen LogP contribution in [-0.4, -0.2) is 43.1 Å². The van der Waals surface area contributed by atoms with Gasteiger partial charge in [0.2, 0.25) is 0 Å². The Morgan fingerprint density at radius 3 is 2.58 bits per heavy atom. The van der Waals surface area contributed by atoms with Crippen LogP contribution in [0.25, 0.3) is 0 Å². The summed E-state index contributed by atoms with van der Waals surface area (Å²) < 4.78 is 29.0. The minimum Gasteiger partial charge on any atom is -0.391 e. The minimum atomic E-state index is -3.44. The Kier molecular flexibility index (Phi) is 5.22. The van der Waals surface area contributed by atoms with Gasteiger partial charge in [-0.05, 0) is 31.6 Å². The lowest BCUT2D eigenvalue weighted by Gasteiger charge is -2.32. The molecular weight excluding hydrogens is 264 g/mol. The largest absolute Gasteiger partial charge is 0.391 e. The van der Waals surface area contributed by atoms with E-state index in [0.717, 1.165) is 38.5 Å². The van der Waals surface area contributed by atoms with Crippen LogP contribution in [0.4, 0.5) is 0 Å². The predicted molar refractivity (Wildman–Crippen MR) is 74.9 cm³/mol. The summed E-state index contributed by atoms with van der Waals surface area (Å²) in [5.41, 5.74) is 0. The molecule has 6 heteroatoms. The van der Waals surface area contributed by atoms with Gasteiger partial charge in [0.1, 0.15) is 0 Å². The number of nitrogens with one attached hydrogen (secondary N) is 1. The first-order chi connectivity index (χ1) is 8.99. The molecule has 0 spiro atoms. The summed E-state index contributed by atoms with van der Waals surface area (Å²) in [5.74, 6) is 0.421. The van der Waals surface area contributed by atoms with Crippen LogP contribution < -0.4 is 4.72 Å². The van der Waals surface area contributed by atoms with Crippen molar-refractivity contribution in [3.63, 3.8) is 0 Å². The molecule has 1 saturated carbocycles. The van der Waals surface area contributed by atoms with E-state index in [1.807, 2.05) is 0 Å². The zero-order valence-electron chi connectivity index (χ0n) is 11.7. The number of hydrogen-bond donors (Lipinski definition) is 2. The van der Waals surface area contributed by atoms with Crippen molar-refractivity contribution in [3.05, 3.63) is 0 Å². The van der Waals surface area contributed by atoms with Gasteiger partial charge in [-0.3, -0.25) is 0 Å². The summed E-state index contributed by atoms with van der Waals surface area (Å²) in [6, 6.07) is -0.315. The molecule has 1 heterocycles. The Hall–Kier alpha value is -0.170. The van der Waals surface area contributed by atoms with Crippen molar-refractivity contribution < 1.29 is 13.5 Å². The van der Waals surface area contributed by atoms with Crippen LogP contribution in [0.1, 0.15) is 51.9 Å². The Morgan fingerprint density at radius 1 is 1.11 bits per heavy atom. The van der Waals surface area contributed by atoms with E-state index < -0.39 is 16.3 Å². The van der Waals surface area contributed by atoms with E-state index in [1.165, 1.54) is 0 Å². The molecule has 0 amide bonds. The first-order valence-corrected chi connectivity index (χ1v) is 8.88. The maximum atomic E-state index is 12.4. The van der Waals surface area contributed by atoms with Crippen molar-refractivity contribution in [2.24, 2.45) is 5.92 Å². The summed E-state index contributed by atoms with van der Waals surface area (Å²) in [5, 5.41) is 10.0. The van der Waals surface area contributed by atoms with Gasteiger partial charge < -0.3 is 5.11 Å². The predicted octanol–water partition coefficient (Wildman–Crippen LogP) is 1.25. The third kappa shape index (κ3) is 4.15. The van der Waals surface area contributed by atoms with Gasteiger partial charge in [0.25, 0.3) is 10.2 Å². The van der Waals surface area contributed by atoms with Crippen LogP contribution in [0.5, 0.6) is 0 Å². The zero-order chi connectivity index (χ0) is 13.9. The first kappa shape index (κ1) is 15.2. The van der Waals surface area contributed by atoms with Gasteiger partial charge in [0, 0.05) is 19.1 Å². The maximum absolute atomic E-state index is 12.4. The van der Waals surface area contributed by atoms with E-state index in [4.69, 9.17) is 0 Å². The smallest absolute Gasteiger partial charge is 0.279 e. The maximum Gasteiger partial charge on any atom is 0.279 e. The fourth-order valence-corrected chi connectivity index (χ4v) is 4.68. The van der Waals surface area contributed by atoms with Crippen LogP contribution in [0.3, 0.4) is 0 Å². The van der Waals surface area contributed by atoms with E-state index in [2.05, 4.69) is 11.6 Å². The molecular formula is C13H26N2O3S. The molecule has 0 aromatic heterocycles. The zero-order valence-corrected chi connectivity index (χ0v) is 12.5. The highest BCUT2D eigenvalue weighted by Gasteiger charge is 2.31. The first-order valence-electron chi connectivity index (χ1n) is 7.44. The van der Waals surface area contributed by atoms with E-state index in [1.54, 1.807) is 4.31 Å². The molecule has 2 fully saturated rings. The number of nitrogens with zero attached hydrogens (tertiary/aromatic N) is 1. The fraction of sp³-hybridized carbons (Fsp3) is 1.00. The summed E-state index contributed by atoms with van der Waals surface area (Å²) in [6.45, 7) is 3.28. The number of aliphatic hydroxyl groups excluding tert-OH is 1. The summed E-state index contributed by atoms with van der Waals surface area (Å²) in [4.78, 5) is 0. The van der Waals surface area contributed by atoms with Gasteiger partial charge in [-0.1, -0.05) is 26.2 Å². The summed E-state index contributed by atoms with van der Waals surface area (Å²) >= 11 is 0. The van der Waals surface area contributed by atoms with Crippen LogP contribution >= 0.6 is 0 Å². The average Bonchev–Trinajstić information content (AvgIpc) is 2.55. The Morgan fingerprint density at radius 2 is 1.84 bits per heavy atom. The molecule has 3 atom stereocenters. The second-order valence-corrected chi connectivity index (χ2v) is 7.74. The molecule has 19 heavy (non-hydrogen) atoms. The number of hydrogen-bond acceptors (Lipinski definition) is 3. The summed E-state index contributed by atoms with van der Waals surface area (Å²) in [6.07, 6.45) is 5.97. The number of piperidine rings is 1. The molecule has 0 bridgehead atoms. The van der Waals surface area contributed by atoms with E-state index in [9.17, 15) is 13.5 Å². The minimum absolute atomic E-state index is 0.315. The SMILES string of the molecule is CC1CCCN(S(=O)(=O)NC2CCCCCC2O)C1. The third-order valence-electron chi connectivity index (χ3n) is 4.24. The van der Waals surface area contributed by atoms with Gasteiger partial charge in [0.05, 0.1) is 6.10 Å². The van der Waals surface area contributed by atoms with Crippen LogP contribution in [-0.2, 0) is 10.2 Å². The van der Waals surface area contributed by atoms with Gasteiger partial charge >= 0.3 is 0 Å². The third-order valence-corrected chi connectivity index (χ3v) is 5.85. The topological polar surface area (TPSA) is 69.6 Å². The Balaban J connectivity index is 1.99. The molecule has 112 valence electrons. The number of aliphatic hydroxyl groups is 1. The molecule has 0 aromatic carbocycles. The van der Waals surface area contributed by atoms with Crippen LogP contribution in [0.15, 0.2) is 0 Å². The quantitative estimate of drug-likeness (QED) is 0.769. The molecule has 0 aromatic rings. The summed E-state index contributed by atoms with van der Waals surface area (Å²) in [7, 11) is -3.44. The van der Waals surface area contributed by atoms with Crippen molar-refractivity contribution in [1.82, 2.24) is 9.03 Å². The van der Waals surface area contributed by atoms with Gasteiger partial charge in [-0.2, -0.15) is 17.4 Å². The highest BCUT2D eigenvalue weighted by Crippen LogP contribution is 2.21. The molecule has 5 nitrogen and oxygen atoms in total.